The average Bonchev–Trinajstić information content (AvgIpc) is 3.71. The van der Waals surface area contributed by atoms with Gasteiger partial charge in [-0.1, -0.05) is 200 Å². The Balaban J connectivity index is 1.39. The van der Waals surface area contributed by atoms with E-state index in [-0.39, 0.29) is 5.69 Å². The van der Waals surface area contributed by atoms with Gasteiger partial charge in [0.15, 0.2) is 0 Å². The van der Waals surface area contributed by atoms with Gasteiger partial charge < -0.3 is 4.90 Å². The van der Waals surface area contributed by atoms with Gasteiger partial charge >= 0.3 is 0 Å². The quantitative estimate of drug-likeness (QED) is 0.150. The normalized spacial score (nSPS) is 16.9. The van der Waals surface area contributed by atoms with Crippen LogP contribution in [-0.4, -0.2) is 0 Å². The molecule has 0 unspecified atom stereocenters. The second kappa shape index (κ2) is 14.2. The zero-order chi connectivity index (χ0) is 53.0. The largest absolute Gasteiger partial charge is 0.310 e. The number of anilines is 3. The second-order valence-corrected chi connectivity index (χ2v) is 13.1. The highest BCUT2D eigenvalue weighted by molar-refractivity contribution is 5.97. The van der Waals surface area contributed by atoms with Gasteiger partial charge in [0.25, 0.3) is 0 Å². The topological polar surface area (TPSA) is 3.24 Å². The Labute approximate surface area is 354 Å². The summed E-state index contributed by atoms with van der Waals surface area (Å²) in [6.45, 7) is 0. The zero-order valence-corrected chi connectivity index (χ0v) is 29.6. The Hall–Kier alpha value is -7.22. The third kappa shape index (κ3) is 5.65. The summed E-state index contributed by atoms with van der Waals surface area (Å²) in [5, 5.41) is 0. The van der Waals surface area contributed by atoms with Crippen LogP contribution in [-0.2, 0) is 5.41 Å². The van der Waals surface area contributed by atoms with Gasteiger partial charge in [-0.25, -0.2) is 0 Å². The van der Waals surface area contributed by atoms with E-state index >= 15 is 0 Å². The molecule has 1 heteroatoms. The van der Waals surface area contributed by atoms with E-state index < -0.39 is 148 Å². The van der Waals surface area contributed by atoms with Crippen LogP contribution in [0.1, 0.15) is 46.9 Å². The molecule has 1 aliphatic rings. The standard InChI is InChI=1S/C55H39N/c1-6-18-40(19-7-1)42-30-34-47(35-31-42)56(48-36-32-43(33-37-48)41-20-8-2-9-21-41)54-39-51-49-28-16-17-29-52(49)55(45-24-12-4-13-25-45,46-26-14-5-15-27-46)53(51)38-50(54)44-22-10-3-11-23-44/h1-39H/i1D,2D,6D,7D,8D,9D,18D,19D,20D,21D,30D,31D,32D,33D,34D,35D,36D,37D. The Morgan fingerprint density at radius 1 is 0.339 bits per heavy atom. The van der Waals surface area contributed by atoms with E-state index in [1.165, 1.54) is 0 Å². The Morgan fingerprint density at radius 3 is 1.30 bits per heavy atom. The molecule has 0 saturated carbocycles. The van der Waals surface area contributed by atoms with Crippen LogP contribution in [0.15, 0.2) is 236 Å². The van der Waals surface area contributed by atoms with Gasteiger partial charge in [-0.05, 0) is 97.5 Å². The fourth-order valence-corrected chi connectivity index (χ4v) is 7.70. The van der Waals surface area contributed by atoms with Gasteiger partial charge in [0.2, 0.25) is 0 Å². The second-order valence-electron chi connectivity index (χ2n) is 13.1. The molecule has 0 amide bonds. The highest BCUT2D eigenvalue weighted by Crippen LogP contribution is 2.58. The molecule has 0 aromatic heterocycles. The van der Waals surface area contributed by atoms with Gasteiger partial charge in [-0.2, -0.15) is 0 Å². The number of hydrogen-bond donors (Lipinski definition) is 0. The molecule has 0 bridgehead atoms. The summed E-state index contributed by atoms with van der Waals surface area (Å²) >= 11 is 0. The van der Waals surface area contributed by atoms with Crippen LogP contribution in [0.3, 0.4) is 0 Å². The molecule has 0 spiro atoms. The van der Waals surface area contributed by atoms with Gasteiger partial charge in [-0.3, -0.25) is 0 Å². The number of rotatable bonds is 8. The first-order chi connectivity index (χ1) is 35.3. The molecule has 9 aromatic rings. The summed E-state index contributed by atoms with van der Waals surface area (Å²) in [6.07, 6.45) is 0. The monoisotopic (exact) mass is 731 g/mol. The van der Waals surface area contributed by atoms with Gasteiger partial charge in [0.05, 0.1) is 35.8 Å². The maximum absolute atomic E-state index is 9.81. The molecule has 0 heterocycles. The van der Waals surface area contributed by atoms with Gasteiger partial charge in [-0.15, -0.1) is 0 Å². The molecule has 0 atom stereocenters. The highest BCUT2D eigenvalue weighted by Gasteiger charge is 2.46. The third-order valence-electron chi connectivity index (χ3n) is 10.1. The smallest absolute Gasteiger partial charge is 0.0713 e. The highest BCUT2D eigenvalue weighted by atomic mass is 15.1. The molecule has 56 heavy (non-hydrogen) atoms. The first-order valence-electron chi connectivity index (χ1n) is 26.9. The third-order valence-corrected chi connectivity index (χ3v) is 10.1. The fourth-order valence-electron chi connectivity index (χ4n) is 7.70. The number of nitrogens with zero attached hydrogens (tertiary/aromatic N) is 1. The molecular formula is C55H39N. The SMILES string of the molecule is [2H]c1c([2H])c([2H])c(-c2c([2H])c([2H])c(N(c3cc4c(cc3-c3ccccc3)C(c3ccccc3)(c3ccccc3)c3ccccc3-4)c3c([2H])c([2H])c(-c4c([2H])c([2H])c([2H])c([2H])c4[2H])c([2H])c3[2H])c([2H])c2[2H])c([2H])c1[2H]. The van der Waals surface area contributed by atoms with Crippen LogP contribution >= 0.6 is 0 Å². The maximum atomic E-state index is 9.81. The lowest BCUT2D eigenvalue weighted by Crippen LogP contribution is -2.28. The number of benzene rings is 9. The van der Waals surface area contributed by atoms with Crippen molar-refractivity contribution >= 4 is 17.1 Å². The predicted octanol–water partition coefficient (Wildman–Crippen LogP) is 14.5. The molecule has 0 radical (unpaired) electrons. The van der Waals surface area contributed by atoms with Crippen molar-refractivity contribution in [3.63, 3.8) is 0 Å². The Morgan fingerprint density at radius 2 is 0.786 bits per heavy atom. The van der Waals surface area contributed by atoms with Crippen LogP contribution in [0, 0.1) is 0 Å². The Kier molecular flexibility index (Phi) is 4.92. The molecule has 1 aliphatic carbocycles. The van der Waals surface area contributed by atoms with Crippen LogP contribution in [0.25, 0.3) is 44.5 Å². The molecular weight excluding hydrogens is 675 g/mol. The molecule has 264 valence electrons. The minimum atomic E-state index is -0.980. The number of hydrogen-bond acceptors (Lipinski definition) is 1. The minimum absolute atomic E-state index is 0.0504. The lowest BCUT2D eigenvalue weighted by atomic mass is 9.67. The van der Waals surface area contributed by atoms with Gasteiger partial charge in [0.1, 0.15) is 0 Å². The minimum Gasteiger partial charge on any atom is -0.310 e. The van der Waals surface area contributed by atoms with Crippen molar-refractivity contribution in [1.29, 1.82) is 0 Å². The van der Waals surface area contributed by atoms with Crippen molar-refractivity contribution in [3.8, 4) is 44.5 Å². The van der Waals surface area contributed by atoms with Crippen molar-refractivity contribution in [2.75, 3.05) is 4.90 Å². The van der Waals surface area contributed by atoms with Crippen LogP contribution < -0.4 is 4.90 Å². The summed E-state index contributed by atoms with van der Waals surface area (Å²) < 4.78 is 162. The van der Waals surface area contributed by atoms with E-state index in [4.69, 9.17) is 13.7 Å². The Bertz CT molecular complexity index is 3540. The van der Waals surface area contributed by atoms with Gasteiger partial charge in [0, 0.05) is 16.9 Å². The maximum Gasteiger partial charge on any atom is 0.0713 e. The van der Waals surface area contributed by atoms with E-state index in [1.807, 2.05) is 91.0 Å². The lowest BCUT2D eigenvalue weighted by Gasteiger charge is -2.35. The molecule has 0 aliphatic heterocycles. The summed E-state index contributed by atoms with van der Waals surface area (Å²) in [5.41, 5.74) is 1.17. The summed E-state index contributed by atoms with van der Waals surface area (Å²) in [7, 11) is 0. The number of fused-ring (bicyclic) bond motifs is 3. The summed E-state index contributed by atoms with van der Waals surface area (Å²) in [5.74, 6) is 0. The molecule has 0 N–H and O–H groups in total. The van der Waals surface area contributed by atoms with Crippen molar-refractivity contribution in [2.45, 2.75) is 5.41 Å². The first-order valence-corrected chi connectivity index (χ1v) is 17.9. The molecule has 0 saturated heterocycles. The van der Waals surface area contributed by atoms with Crippen LogP contribution in [0.4, 0.5) is 17.1 Å². The van der Waals surface area contributed by atoms with Crippen molar-refractivity contribution in [3.05, 3.63) is 258 Å². The van der Waals surface area contributed by atoms with Crippen molar-refractivity contribution in [1.82, 2.24) is 0 Å². The van der Waals surface area contributed by atoms with E-state index in [9.17, 15) is 11.0 Å². The van der Waals surface area contributed by atoms with Crippen LogP contribution in [0.2, 0.25) is 0 Å². The van der Waals surface area contributed by atoms with E-state index in [2.05, 4.69) is 0 Å². The van der Waals surface area contributed by atoms with E-state index in [0.29, 0.717) is 16.7 Å². The summed E-state index contributed by atoms with van der Waals surface area (Å²) in [6, 6.07) is 25.6. The first kappa shape index (κ1) is 19.4. The molecule has 10 rings (SSSR count). The lowest BCUT2D eigenvalue weighted by molar-refractivity contribution is 0.769. The van der Waals surface area contributed by atoms with Crippen molar-refractivity contribution < 1.29 is 24.7 Å². The predicted molar refractivity (Wildman–Crippen MR) is 235 cm³/mol. The van der Waals surface area contributed by atoms with Crippen LogP contribution in [0.5, 0.6) is 0 Å². The average molecular weight is 732 g/mol. The zero-order valence-electron chi connectivity index (χ0n) is 47.6. The van der Waals surface area contributed by atoms with Crippen molar-refractivity contribution in [2.24, 2.45) is 0 Å². The molecule has 9 aromatic carbocycles. The fraction of sp³-hybridized carbons (Fsp3) is 0.0182. The van der Waals surface area contributed by atoms with E-state index in [0.717, 1.165) is 32.7 Å². The van der Waals surface area contributed by atoms with E-state index in [1.54, 1.807) is 36.4 Å². The summed E-state index contributed by atoms with van der Waals surface area (Å²) in [4.78, 5) is 1.11. The molecule has 0 fully saturated rings. The molecule has 1 nitrogen and oxygen atoms in total.